The fraction of sp³-hybridized carbons (Fsp3) is 0. The van der Waals surface area contributed by atoms with Crippen LogP contribution in [0.15, 0.2) is 188 Å². The van der Waals surface area contributed by atoms with Crippen LogP contribution in [0.25, 0.3) is 98.5 Å². The maximum Gasteiger partial charge on any atom is 0.160 e. The number of rotatable bonds is 6. The van der Waals surface area contributed by atoms with Crippen molar-refractivity contribution in [3.8, 4) is 67.4 Å². The lowest BCUT2D eigenvalue weighted by molar-refractivity contribution is 1.18. The van der Waals surface area contributed by atoms with Gasteiger partial charge in [0.15, 0.2) is 5.82 Å². The Labute approximate surface area is 311 Å². The molecule has 0 aliphatic carbocycles. The number of benzene rings is 7. The molecule has 0 atom stereocenters. The van der Waals surface area contributed by atoms with E-state index in [1.165, 1.54) is 31.1 Å². The van der Waals surface area contributed by atoms with Gasteiger partial charge < -0.3 is 0 Å². The van der Waals surface area contributed by atoms with Crippen molar-refractivity contribution in [1.29, 1.82) is 0 Å². The Hall–Kier alpha value is -6.75. The first kappa shape index (κ1) is 31.0. The smallest absolute Gasteiger partial charge is 0.160 e. The highest BCUT2D eigenvalue weighted by atomic mass is 32.1. The van der Waals surface area contributed by atoms with Crippen LogP contribution in [-0.2, 0) is 0 Å². The van der Waals surface area contributed by atoms with Gasteiger partial charge in [0.05, 0.1) is 22.6 Å². The molecule has 7 aromatic carbocycles. The summed E-state index contributed by atoms with van der Waals surface area (Å²) in [6, 6.07) is 65.9. The summed E-state index contributed by atoms with van der Waals surface area (Å²) >= 11 is 1.85. The molecule has 4 heteroatoms. The standard InChI is InChI=1S/C49H31N3S/c1-4-13-32(14-5-1)33-23-29-38(30-24-33)49-50-42(35-15-6-2-7-16-35)31-43(51-49)36-27-25-34(26-28-36)39-20-12-21-41-47(39)52-46(37-17-8-3-9-18-37)45-40-19-10-11-22-44(40)53-48(41)45/h1-31H. The van der Waals surface area contributed by atoms with Gasteiger partial charge in [-0.15, -0.1) is 11.3 Å². The van der Waals surface area contributed by atoms with Crippen LogP contribution in [0, 0.1) is 0 Å². The number of aromatic nitrogens is 3. The van der Waals surface area contributed by atoms with E-state index in [2.05, 4.69) is 164 Å². The lowest BCUT2D eigenvalue weighted by Crippen LogP contribution is -1.96. The molecular weight excluding hydrogens is 663 g/mol. The molecule has 0 bridgehead atoms. The molecule has 3 nitrogen and oxygen atoms in total. The summed E-state index contributed by atoms with van der Waals surface area (Å²) in [7, 11) is 0. The van der Waals surface area contributed by atoms with Gasteiger partial charge in [-0.05, 0) is 28.8 Å². The Kier molecular flexibility index (Phi) is 7.67. The first-order valence-corrected chi connectivity index (χ1v) is 18.6. The number of thiophene rings is 1. The van der Waals surface area contributed by atoms with Crippen LogP contribution in [0.3, 0.4) is 0 Å². The molecule has 248 valence electrons. The molecule has 10 rings (SSSR count). The van der Waals surface area contributed by atoms with Gasteiger partial charge in [0, 0.05) is 53.4 Å². The SMILES string of the molecule is c1ccc(-c2ccc(-c3nc(-c4ccccc4)cc(-c4ccc(-c5cccc6c5nc(-c5ccccc5)c5c7ccccc7sc65)cc4)n3)cc2)cc1. The van der Waals surface area contributed by atoms with Crippen molar-refractivity contribution in [3.05, 3.63) is 188 Å². The van der Waals surface area contributed by atoms with E-state index >= 15 is 0 Å². The van der Waals surface area contributed by atoms with Gasteiger partial charge in [-0.25, -0.2) is 15.0 Å². The zero-order valence-electron chi connectivity index (χ0n) is 28.6. The molecule has 0 unspecified atom stereocenters. The quantitative estimate of drug-likeness (QED) is 0.174. The van der Waals surface area contributed by atoms with Crippen LogP contribution in [0.2, 0.25) is 0 Å². The number of nitrogens with zero attached hydrogens (tertiary/aromatic N) is 3. The summed E-state index contributed by atoms with van der Waals surface area (Å²) in [5, 5.41) is 3.65. The molecular formula is C49H31N3S. The minimum Gasteiger partial charge on any atom is -0.246 e. The van der Waals surface area contributed by atoms with Crippen LogP contribution in [0.1, 0.15) is 0 Å². The summed E-state index contributed by atoms with van der Waals surface area (Å²) in [6.45, 7) is 0. The second-order valence-electron chi connectivity index (χ2n) is 13.2. The van der Waals surface area contributed by atoms with Crippen molar-refractivity contribution in [2.24, 2.45) is 0 Å². The molecule has 0 fully saturated rings. The highest BCUT2D eigenvalue weighted by Gasteiger charge is 2.18. The Bertz CT molecular complexity index is 2900. The summed E-state index contributed by atoms with van der Waals surface area (Å²) in [5.41, 5.74) is 12.5. The average molecular weight is 694 g/mol. The molecule has 53 heavy (non-hydrogen) atoms. The molecule has 0 radical (unpaired) electrons. The van der Waals surface area contributed by atoms with E-state index in [1.54, 1.807) is 0 Å². The molecule has 0 amide bonds. The van der Waals surface area contributed by atoms with Gasteiger partial charge in [0.1, 0.15) is 0 Å². The zero-order chi connectivity index (χ0) is 35.1. The number of hydrogen-bond donors (Lipinski definition) is 0. The summed E-state index contributed by atoms with van der Waals surface area (Å²) in [6.07, 6.45) is 0. The first-order valence-electron chi connectivity index (χ1n) is 17.8. The van der Waals surface area contributed by atoms with Gasteiger partial charge in [0.2, 0.25) is 0 Å². The lowest BCUT2D eigenvalue weighted by atomic mass is 9.97. The third-order valence-corrected chi connectivity index (χ3v) is 11.1. The molecule has 0 N–H and O–H groups in total. The predicted octanol–water partition coefficient (Wildman–Crippen LogP) is 13.4. The topological polar surface area (TPSA) is 38.7 Å². The summed E-state index contributed by atoms with van der Waals surface area (Å²) in [5.74, 6) is 0.698. The highest BCUT2D eigenvalue weighted by molar-refractivity contribution is 7.26. The van der Waals surface area contributed by atoms with Crippen LogP contribution in [0.5, 0.6) is 0 Å². The van der Waals surface area contributed by atoms with E-state index in [0.29, 0.717) is 5.82 Å². The van der Waals surface area contributed by atoms with Gasteiger partial charge in [0.25, 0.3) is 0 Å². The molecule has 3 heterocycles. The normalized spacial score (nSPS) is 11.4. The first-order chi connectivity index (χ1) is 26.3. The van der Waals surface area contributed by atoms with Gasteiger partial charge >= 0.3 is 0 Å². The third-order valence-electron chi connectivity index (χ3n) is 9.92. The largest absolute Gasteiger partial charge is 0.246 e. The van der Waals surface area contributed by atoms with Crippen molar-refractivity contribution >= 4 is 42.4 Å². The third kappa shape index (κ3) is 5.66. The fourth-order valence-corrected chi connectivity index (χ4v) is 8.50. The second kappa shape index (κ2) is 13.1. The number of hydrogen-bond acceptors (Lipinski definition) is 4. The van der Waals surface area contributed by atoms with Crippen molar-refractivity contribution in [2.75, 3.05) is 0 Å². The van der Waals surface area contributed by atoms with Crippen LogP contribution in [-0.4, -0.2) is 15.0 Å². The van der Waals surface area contributed by atoms with Gasteiger partial charge in [-0.2, -0.15) is 0 Å². The van der Waals surface area contributed by atoms with Crippen molar-refractivity contribution in [3.63, 3.8) is 0 Å². The van der Waals surface area contributed by atoms with Crippen LogP contribution >= 0.6 is 11.3 Å². The van der Waals surface area contributed by atoms with E-state index in [0.717, 1.165) is 61.5 Å². The monoisotopic (exact) mass is 693 g/mol. The predicted molar refractivity (Wildman–Crippen MR) is 223 cm³/mol. The summed E-state index contributed by atoms with van der Waals surface area (Å²) in [4.78, 5) is 15.6. The Balaban J connectivity index is 1.08. The molecule has 3 aromatic heterocycles. The Morgan fingerprint density at radius 2 is 0.868 bits per heavy atom. The lowest BCUT2D eigenvalue weighted by Gasteiger charge is -2.12. The minimum absolute atomic E-state index is 0.698. The highest BCUT2D eigenvalue weighted by Crippen LogP contribution is 2.44. The van der Waals surface area contributed by atoms with E-state index in [4.69, 9.17) is 15.0 Å². The number of para-hydroxylation sites is 1. The Morgan fingerprint density at radius 1 is 0.358 bits per heavy atom. The van der Waals surface area contributed by atoms with E-state index in [-0.39, 0.29) is 0 Å². The zero-order valence-corrected chi connectivity index (χ0v) is 29.5. The molecule has 0 saturated carbocycles. The summed E-state index contributed by atoms with van der Waals surface area (Å²) < 4.78 is 2.54. The maximum absolute atomic E-state index is 5.45. The van der Waals surface area contributed by atoms with E-state index in [9.17, 15) is 0 Å². The fourth-order valence-electron chi connectivity index (χ4n) is 7.27. The number of fused-ring (bicyclic) bond motifs is 5. The minimum atomic E-state index is 0.698. The van der Waals surface area contributed by atoms with E-state index in [1.807, 2.05) is 35.6 Å². The van der Waals surface area contributed by atoms with Crippen LogP contribution < -0.4 is 0 Å². The number of pyridine rings is 1. The average Bonchev–Trinajstić information content (AvgIpc) is 3.64. The van der Waals surface area contributed by atoms with Crippen molar-refractivity contribution in [1.82, 2.24) is 15.0 Å². The molecule has 10 aromatic rings. The molecule has 0 aliphatic heterocycles. The van der Waals surface area contributed by atoms with E-state index < -0.39 is 0 Å². The molecule has 0 saturated heterocycles. The maximum atomic E-state index is 5.45. The second-order valence-corrected chi connectivity index (χ2v) is 14.2. The van der Waals surface area contributed by atoms with Crippen LogP contribution in [0.4, 0.5) is 0 Å². The molecule has 0 spiro atoms. The molecule has 0 aliphatic rings. The van der Waals surface area contributed by atoms with Gasteiger partial charge in [-0.1, -0.05) is 176 Å². The van der Waals surface area contributed by atoms with Crippen molar-refractivity contribution in [2.45, 2.75) is 0 Å². The Morgan fingerprint density at radius 3 is 1.57 bits per heavy atom. The van der Waals surface area contributed by atoms with Gasteiger partial charge in [-0.3, -0.25) is 0 Å². The van der Waals surface area contributed by atoms with Crippen molar-refractivity contribution < 1.29 is 0 Å².